The van der Waals surface area contributed by atoms with Crippen molar-refractivity contribution < 1.29 is 63.0 Å². The number of alkyl halides is 9. The van der Waals surface area contributed by atoms with Crippen molar-refractivity contribution in [2.24, 2.45) is 4.36 Å². The maximum atomic E-state index is 13.8. The quantitative estimate of drug-likeness (QED) is 0.295. The van der Waals surface area contributed by atoms with Gasteiger partial charge in [-0.15, -0.1) is 13.2 Å². The molecule has 2 aliphatic heterocycles. The normalized spacial score (nSPS) is 21.7. The Morgan fingerprint density at radius 1 is 0.867 bits per heavy atom. The molecule has 0 radical (unpaired) electrons. The third kappa shape index (κ3) is 6.78. The summed E-state index contributed by atoms with van der Waals surface area (Å²) in [5, 5.41) is 11.5. The van der Waals surface area contributed by atoms with Gasteiger partial charge in [-0.05, 0) is 60.7 Å². The van der Waals surface area contributed by atoms with Gasteiger partial charge in [-0.2, -0.15) is 26.3 Å². The summed E-state index contributed by atoms with van der Waals surface area (Å²) in [6.07, 6.45) is -16.1. The first-order valence-electron chi connectivity index (χ1n) is 12.8. The van der Waals surface area contributed by atoms with E-state index in [-0.39, 0.29) is 29.5 Å². The van der Waals surface area contributed by atoms with Crippen LogP contribution in [0.2, 0.25) is 0 Å². The van der Waals surface area contributed by atoms with Crippen molar-refractivity contribution in [1.82, 2.24) is 4.72 Å². The van der Waals surface area contributed by atoms with E-state index < -0.39 is 75.2 Å². The lowest BCUT2D eigenvalue weighted by Crippen LogP contribution is -2.60. The first-order valence-corrected chi connectivity index (χ1v) is 14.3. The monoisotopic (exact) mass is 671 g/mol. The molecule has 0 aliphatic carbocycles. The van der Waals surface area contributed by atoms with Crippen LogP contribution in [0.5, 0.6) is 17.2 Å². The zero-order chi connectivity index (χ0) is 32.9. The van der Waals surface area contributed by atoms with Crippen molar-refractivity contribution in [3.05, 3.63) is 71.8 Å². The minimum atomic E-state index is -4.96. The van der Waals surface area contributed by atoms with Crippen LogP contribution >= 0.6 is 0 Å². The van der Waals surface area contributed by atoms with Crippen molar-refractivity contribution in [3.8, 4) is 17.2 Å². The lowest BCUT2D eigenvalue weighted by molar-refractivity contribution is -0.274. The fourth-order valence-electron chi connectivity index (χ4n) is 4.92. The molecule has 4 unspecified atom stereocenters. The molecule has 2 aliphatic rings. The summed E-state index contributed by atoms with van der Waals surface area (Å²) < 4.78 is 154. The second kappa shape index (κ2) is 11.6. The smallest absolute Gasteiger partial charge is 0.453 e. The Kier molecular flexibility index (Phi) is 8.39. The highest BCUT2D eigenvalue weighted by Gasteiger charge is 2.43. The summed E-state index contributed by atoms with van der Waals surface area (Å²) in [5.41, 5.74) is -2.31. The third-order valence-corrected chi connectivity index (χ3v) is 9.03. The molecule has 3 aromatic rings. The van der Waals surface area contributed by atoms with E-state index in [0.29, 0.717) is 12.1 Å². The van der Waals surface area contributed by atoms with Crippen molar-refractivity contribution in [3.63, 3.8) is 0 Å². The summed E-state index contributed by atoms with van der Waals surface area (Å²) in [4.78, 5) is 1.21. The van der Waals surface area contributed by atoms with Crippen molar-refractivity contribution in [2.75, 3.05) is 25.2 Å². The van der Waals surface area contributed by atoms with E-state index in [9.17, 15) is 48.8 Å². The Bertz CT molecular complexity index is 1620. The first-order chi connectivity index (χ1) is 20.9. The number of aliphatic hydroxyl groups excluding tert-OH is 1. The van der Waals surface area contributed by atoms with Gasteiger partial charge < -0.3 is 24.2 Å². The number of hydrogen-bond donors (Lipinski definition) is 2. The lowest BCUT2D eigenvalue weighted by atomic mass is 9.97. The van der Waals surface area contributed by atoms with E-state index in [1.165, 1.54) is 4.90 Å². The maximum Gasteiger partial charge on any atom is 0.573 e. The molecule has 1 fully saturated rings. The molecular formula is C27H22F9N3O5S. The summed E-state index contributed by atoms with van der Waals surface area (Å²) in [7, 11) is -2.45. The molecule has 0 amide bonds. The average Bonchev–Trinajstić information content (AvgIpc) is 2.95. The number of hydrogen-bond acceptors (Lipinski definition) is 7. The largest absolute Gasteiger partial charge is 0.573 e. The first kappa shape index (κ1) is 32.6. The van der Waals surface area contributed by atoms with Crippen LogP contribution in [0, 0.1) is 0 Å². The van der Waals surface area contributed by atoms with Gasteiger partial charge in [0.05, 0.1) is 58.8 Å². The molecule has 18 heteroatoms. The molecule has 0 aromatic heterocycles. The minimum Gasteiger partial charge on any atom is -0.453 e. The molecule has 1 saturated heterocycles. The van der Waals surface area contributed by atoms with E-state index in [2.05, 4.69) is 13.8 Å². The number of nitrogens with zero attached hydrogens (tertiary/aromatic N) is 2. The fraction of sp³-hybridized carbons (Fsp3) is 0.333. The third-order valence-electron chi connectivity index (χ3n) is 6.98. The van der Waals surface area contributed by atoms with Gasteiger partial charge in [0.25, 0.3) is 0 Å². The van der Waals surface area contributed by atoms with Crippen LogP contribution < -0.4 is 19.1 Å². The molecule has 0 spiro atoms. The number of aliphatic hydroxyl groups is 1. The molecule has 5 rings (SSSR count). The SMILES string of the molecule is CN=S(=O)(NC1COCC(N2c3ccc(C(F)(F)F)cc3Oc3cc(C(F)(F)F)ccc32)C1O)c1ccc(OC(F)(F)F)cc1. The Labute approximate surface area is 249 Å². The number of fused-ring (bicyclic) bond motifs is 2. The molecule has 2 N–H and O–H groups in total. The van der Waals surface area contributed by atoms with Crippen LogP contribution in [0.4, 0.5) is 50.9 Å². The van der Waals surface area contributed by atoms with E-state index >= 15 is 0 Å². The second-order valence-corrected chi connectivity index (χ2v) is 12.0. The molecule has 3 aromatic carbocycles. The fourth-order valence-corrected chi connectivity index (χ4v) is 6.49. The van der Waals surface area contributed by atoms with Gasteiger partial charge in [0.2, 0.25) is 0 Å². The van der Waals surface area contributed by atoms with Crippen LogP contribution in [0.25, 0.3) is 0 Å². The van der Waals surface area contributed by atoms with Crippen molar-refractivity contribution in [2.45, 2.75) is 41.8 Å². The summed E-state index contributed by atoms with van der Waals surface area (Å²) in [5.74, 6) is -1.46. The number of rotatable bonds is 5. The number of benzene rings is 3. The highest BCUT2D eigenvalue weighted by molar-refractivity contribution is 7.91. The van der Waals surface area contributed by atoms with Crippen LogP contribution in [0.3, 0.4) is 0 Å². The van der Waals surface area contributed by atoms with Gasteiger partial charge >= 0.3 is 18.7 Å². The van der Waals surface area contributed by atoms with Crippen LogP contribution in [-0.4, -0.2) is 54.1 Å². The van der Waals surface area contributed by atoms with E-state index in [1.54, 1.807) is 0 Å². The van der Waals surface area contributed by atoms with E-state index in [4.69, 9.17) is 9.47 Å². The number of nitrogens with one attached hydrogen (secondary N) is 1. The molecule has 244 valence electrons. The zero-order valence-corrected chi connectivity index (χ0v) is 23.5. The van der Waals surface area contributed by atoms with Gasteiger partial charge in [-0.25, -0.2) is 13.3 Å². The molecular weight excluding hydrogens is 649 g/mol. The molecule has 45 heavy (non-hydrogen) atoms. The Morgan fingerprint density at radius 2 is 1.40 bits per heavy atom. The van der Waals surface area contributed by atoms with Gasteiger partial charge in [0, 0.05) is 7.05 Å². The Hall–Kier alpha value is -3.74. The number of anilines is 2. The molecule has 0 bridgehead atoms. The Balaban J connectivity index is 1.50. The number of halogens is 9. The molecule has 8 nitrogen and oxygen atoms in total. The molecule has 4 atom stereocenters. The lowest BCUT2D eigenvalue weighted by Gasteiger charge is -2.45. The van der Waals surface area contributed by atoms with Crippen LogP contribution in [0.15, 0.2) is 69.9 Å². The van der Waals surface area contributed by atoms with Gasteiger partial charge in [-0.1, -0.05) is 0 Å². The highest BCUT2D eigenvalue weighted by atomic mass is 32.2. The van der Waals surface area contributed by atoms with Crippen molar-refractivity contribution in [1.29, 1.82) is 0 Å². The second-order valence-electron chi connectivity index (χ2n) is 9.88. The van der Waals surface area contributed by atoms with Crippen LogP contribution in [-0.2, 0) is 27.0 Å². The summed E-state index contributed by atoms with van der Waals surface area (Å²) in [6.45, 7) is -0.530. The standard InChI is InChI=1S/C27H22F9N3O5S/c1-37-45(41,17-6-4-16(5-7-17)44-27(34,35)36)38-18-12-42-13-21(24(18)40)39-19-8-2-14(25(28,29)30)10-22(19)43-23-11-15(26(31,32)33)3-9-20(23)39/h2-11,18,21,24,40H,12-13H2,1H3,(H,37,38,41). The molecule has 2 heterocycles. The average molecular weight is 672 g/mol. The van der Waals surface area contributed by atoms with Gasteiger partial charge in [0.1, 0.15) is 15.7 Å². The van der Waals surface area contributed by atoms with Gasteiger partial charge in [-0.3, -0.25) is 0 Å². The predicted octanol–water partition coefficient (Wildman–Crippen LogP) is 6.66. The molecule has 0 saturated carbocycles. The van der Waals surface area contributed by atoms with E-state index in [0.717, 1.165) is 55.6 Å². The highest BCUT2D eigenvalue weighted by Crippen LogP contribution is 2.51. The Morgan fingerprint density at radius 3 is 1.87 bits per heavy atom. The maximum absolute atomic E-state index is 13.8. The van der Waals surface area contributed by atoms with E-state index in [1.807, 2.05) is 0 Å². The predicted molar refractivity (Wildman–Crippen MR) is 141 cm³/mol. The number of ether oxygens (including phenoxy) is 3. The van der Waals surface area contributed by atoms with Crippen molar-refractivity contribution >= 4 is 21.3 Å². The minimum absolute atomic E-state index is 0.0234. The summed E-state index contributed by atoms with van der Waals surface area (Å²) in [6, 6.07) is 6.41. The van der Waals surface area contributed by atoms with Crippen LogP contribution in [0.1, 0.15) is 11.1 Å². The van der Waals surface area contributed by atoms with Gasteiger partial charge in [0.15, 0.2) is 11.5 Å². The zero-order valence-electron chi connectivity index (χ0n) is 22.7. The summed E-state index contributed by atoms with van der Waals surface area (Å²) >= 11 is 0. The topological polar surface area (TPSA) is 92.6 Å².